The molecule has 9 nitrogen and oxygen atoms in total. The molecule has 1 fully saturated rings. The molecule has 1 saturated carbocycles. The van der Waals surface area contributed by atoms with Crippen molar-refractivity contribution in [3.8, 4) is 11.5 Å². The highest BCUT2D eigenvalue weighted by Crippen LogP contribution is 2.32. The Hall–Kier alpha value is -3.84. The smallest absolute Gasteiger partial charge is 0.361 e. The lowest BCUT2D eigenvalue weighted by Gasteiger charge is -2.16. The molecule has 2 N–H and O–H groups in total. The molecule has 1 aliphatic rings. The van der Waals surface area contributed by atoms with E-state index in [1.54, 1.807) is 29.1 Å². The summed E-state index contributed by atoms with van der Waals surface area (Å²) in [5, 5.41) is 6.67. The number of halogens is 3. The zero-order valence-corrected chi connectivity index (χ0v) is 23.4. The van der Waals surface area contributed by atoms with Gasteiger partial charge in [0.25, 0.3) is 0 Å². The van der Waals surface area contributed by atoms with Crippen molar-refractivity contribution in [1.29, 1.82) is 0 Å². The largest absolute Gasteiger partial charge is 0.433 e. The molecule has 4 heterocycles. The van der Waals surface area contributed by atoms with Crippen molar-refractivity contribution in [3.05, 3.63) is 54.5 Å². The minimum atomic E-state index is -4.61. The number of rotatable bonds is 10. The zero-order valence-electron chi connectivity index (χ0n) is 22.4. The summed E-state index contributed by atoms with van der Waals surface area (Å²) < 4.78 is 47.9. The maximum Gasteiger partial charge on any atom is 0.433 e. The summed E-state index contributed by atoms with van der Waals surface area (Å²) in [5.74, 6) is 0.735. The zero-order chi connectivity index (χ0) is 28.5. The molecule has 210 valence electrons. The molecular weight excluding hydrogens is 539 g/mol. The minimum Gasteiger partial charge on any atom is -0.361 e. The van der Waals surface area contributed by atoms with Crippen molar-refractivity contribution in [3.63, 3.8) is 0 Å². The Labute approximate surface area is 230 Å². The van der Waals surface area contributed by atoms with E-state index in [9.17, 15) is 18.0 Å². The number of carbonyl (C=O) groups excluding carboxylic acids is 1. The third-order valence-electron chi connectivity index (χ3n) is 6.34. The van der Waals surface area contributed by atoms with Crippen molar-refractivity contribution in [2.45, 2.75) is 51.4 Å². The van der Waals surface area contributed by atoms with E-state index in [4.69, 9.17) is 4.74 Å². The van der Waals surface area contributed by atoms with Gasteiger partial charge in [-0.3, -0.25) is 4.79 Å². The molecule has 0 unspecified atom stereocenters. The van der Waals surface area contributed by atoms with Gasteiger partial charge in [0.2, 0.25) is 5.91 Å². The number of ether oxygens (including phenoxy) is 1. The molecule has 0 atom stereocenters. The highest BCUT2D eigenvalue weighted by Gasteiger charge is 2.33. The van der Waals surface area contributed by atoms with E-state index in [1.165, 1.54) is 12.1 Å². The Morgan fingerprint density at radius 3 is 2.65 bits per heavy atom. The Morgan fingerprint density at radius 2 is 1.93 bits per heavy atom. The number of anilines is 3. The van der Waals surface area contributed by atoms with Gasteiger partial charge in [-0.15, -0.1) is 0 Å². The Bertz CT molecular complexity index is 1530. The van der Waals surface area contributed by atoms with Crippen LogP contribution in [0.4, 0.5) is 30.5 Å². The highest BCUT2D eigenvalue weighted by molar-refractivity contribution is 6.76. The number of nitrogens with one attached hydrogen (secondary N) is 2. The first-order valence-electron chi connectivity index (χ1n) is 13.0. The SMILES string of the molecule is C[Si](C)(C)CCOCn1ccc2c(Nc3ccnc(NC(=O)C4CC4)c3)nc(-c3cccc(C(F)(F)F)n3)nc21. The number of amides is 1. The maximum atomic E-state index is 13.4. The predicted molar refractivity (Wildman–Crippen MR) is 149 cm³/mol. The van der Waals surface area contributed by atoms with Crippen LogP contribution in [0.15, 0.2) is 48.8 Å². The molecule has 4 aromatic heterocycles. The summed E-state index contributed by atoms with van der Waals surface area (Å²) >= 11 is 0. The number of alkyl halides is 3. The van der Waals surface area contributed by atoms with Crippen LogP contribution in [0.1, 0.15) is 18.5 Å². The van der Waals surface area contributed by atoms with Crippen LogP contribution in [-0.2, 0) is 22.4 Å². The molecule has 0 radical (unpaired) electrons. The summed E-state index contributed by atoms with van der Waals surface area (Å²) in [5.41, 5.74) is 0.0250. The highest BCUT2D eigenvalue weighted by atomic mass is 28.3. The van der Waals surface area contributed by atoms with Crippen LogP contribution in [0.2, 0.25) is 25.7 Å². The number of aromatic nitrogens is 5. The normalized spacial score (nSPS) is 13.9. The van der Waals surface area contributed by atoms with Crippen molar-refractivity contribution in [2.24, 2.45) is 5.92 Å². The van der Waals surface area contributed by atoms with Gasteiger partial charge in [-0.2, -0.15) is 13.2 Å². The van der Waals surface area contributed by atoms with Crippen LogP contribution in [0.5, 0.6) is 0 Å². The van der Waals surface area contributed by atoms with E-state index in [0.717, 1.165) is 25.0 Å². The van der Waals surface area contributed by atoms with Gasteiger partial charge >= 0.3 is 6.18 Å². The lowest BCUT2D eigenvalue weighted by Crippen LogP contribution is -2.22. The Kier molecular flexibility index (Phi) is 7.60. The van der Waals surface area contributed by atoms with Gasteiger partial charge in [-0.1, -0.05) is 25.7 Å². The Morgan fingerprint density at radius 1 is 1.12 bits per heavy atom. The molecule has 4 aromatic rings. The maximum absolute atomic E-state index is 13.4. The van der Waals surface area contributed by atoms with E-state index in [1.807, 2.05) is 6.07 Å². The van der Waals surface area contributed by atoms with Crippen LogP contribution < -0.4 is 10.6 Å². The van der Waals surface area contributed by atoms with E-state index >= 15 is 0 Å². The second kappa shape index (κ2) is 11.0. The van der Waals surface area contributed by atoms with Crippen LogP contribution in [-0.4, -0.2) is 45.1 Å². The second-order valence-corrected chi connectivity index (χ2v) is 16.6. The number of carbonyl (C=O) groups is 1. The predicted octanol–water partition coefficient (Wildman–Crippen LogP) is 6.31. The summed E-state index contributed by atoms with van der Waals surface area (Å²) in [6.45, 7) is 7.63. The first kappa shape index (κ1) is 27.7. The molecule has 40 heavy (non-hydrogen) atoms. The average molecular weight is 570 g/mol. The number of hydrogen-bond donors (Lipinski definition) is 2. The molecule has 0 bridgehead atoms. The molecule has 0 saturated heterocycles. The lowest BCUT2D eigenvalue weighted by atomic mass is 10.2. The van der Waals surface area contributed by atoms with Crippen molar-refractivity contribution < 1.29 is 22.7 Å². The number of fused-ring (bicyclic) bond motifs is 1. The number of pyridine rings is 2. The summed E-state index contributed by atoms with van der Waals surface area (Å²) in [6, 6.07) is 9.82. The summed E-state index contributed by atoms with van der Waals surface area (Å²) in [4.78, 5) is 29.3. The second-order valence-electron chi connectivity index (χ2n) is 11.0. The fourth-order valence-corrected chi connectivity index (χ4v) is 4.68. The summed E-state index contributed by atoms with van der Waals surface area (Å²) in [7, 11) is -1.28. The van der Waals surface area contributed by atoms with Crippen molar-refractivity contribution >= 4 is 42.3 Å². The van der Waals surface area contributed by atoms with E-state index in [0.29, 0.717) is 35.0 Å². The molecule has 0 aromatic carbocycles. The fourth-order valence-electron chi connectivity index (χ4n) is 3.92. The average Bonchev–Trinajstić information content (AvgIpc) is 3.67. The molecule has 1 amide bonds. The van der Waals surface area contributed by atoms with Crippen LogP contribution in [0.3, 0.4) is 0 Å². The number of hydrogen-bond acceptors (Lipinski definition) is 7. The molecule has 0 spiro atoms. The van der Waals surface area contributed by atoms with Crippen molar-refractivity contribution in [1.82, 2.24) is 24.5 Å². The standard InChI is InChI=1S/C27H30F3N7O2Si/c1-40(2,3)14-13-39-16-37-12-10-19-23(32-18-9-11-31-22(15-18)34-26(38)17-7-8-17)35-24(36-25(19)37)20-5-4-6-21(33-20)27(28,29)30/h4-6,9-12,15,17H,7-8,13-14,16H2,1-3H3,(H2,31,32,34,35,36,38). The van der Waals surface area contributed by atoms with E-state index in [-0.39, 0.29) is 30.1 Å². The van der Waals surface area contributed by atoms with Gasteiger partial charge in [-0.05, 0) is 43.2 Å². The summed E-state index contributed by atoms with van der Waals surface area (Å²) in [6.07, 6.45) is 0.484. The number of nitrogens with zero attached hydrogens (tertiary/aromatic N) is 5. The van der Waals surface area contributed by atoms with Crippen LogP contribution in [0, 0.1) is 5.92 Å². The van der Waals surface area contributed by atoms with Gasteiger partial charge in [0.15, 0.2) is 5.82 Å². The fraction of sp³-hybridized carbons (Fsp3) is 0.370. The van der Waals surface area contributed by atoms with Crippen molar-refractivity contribution in [2.75, 3.05) is 17.2 Å². The minimum absolute atomic E-state index is 0.0145. The first-order valence-corrected chi connectivity index (χ1v) is 16.7. The van der Waals surface area contributed by atoms with E-state index < -0.39 is 19.9 Å². The lowest BCUT2D eigenvalue weighted by molar-refractivity contribution is -0.141. The van der Waals surface area contributed by atoms with Crippen LogP contribution in [0.25, 0.3) is 22.6 Å². The molecule has 1 aliphatic carbocycles. The van der Waals surface area contributed by atoms with Gasteiger partial charge in [-0.25, -0.2) is 19.9 Å². The topological polar surface area (TPSA) is 107 Å². The molecular formula is C27H30F3N7O2Si. The van der Waals surface area contributed by atoms with Gasteiger partial charge in [0.05, 0.1) is 5.39 Å². The first-order chi connectivity index (χ1) is 19.0. The quantitative estimate of drug-likeness (QED) is 0.170. The molecule has 5 rings (SSSR count). The molecule has 13 heteroatoms. The molecule has 0 aliphatic heterocycles. The van der Waals surface area contributed by atoms with Gasteiger partial charge in [0.1, 0.15) is 35.4 Å². The third-order valence-corrected chi connectivity index (χ3v) is 8.04. The van der Waals surface area contributed by atoms with E-state index in [2.05, 4.69) is 50.2 Å². The van der Waals surface area contributed by atoms with Crippen LogP contribution >= 0.6 is 0 Å². The Balaban J connectivity index is 1.49. The van der Waals surface area contributed by atoms with Gasteiger partial charge in [0, 0.05) is 44.7 Å². The van der Waals surface area contributed by atoms with Gasteiger partial charge < -0.3 is 19.9 Å². The third kappa shape index (κ3) is 6.83. The monoisotopic (exact) mass is 569 g/mol.